The van der Waals surface area contributed by atoms with Gasteiger partial charge in [0.2, 0.25) is 0 Å². The molecule has 0 amide bonds. The first-order valence-electron chi connectivity index (χ1n) is 7.10. The van der Waals surface area contributed by atoms with Gasteiger partial charge in [0, 0.05) is 24.9 Å². The van der Waals surface area contributed by atoms with Crippen LogP contribution in [0.2, 0.25) is 5.02 Å². The maximum atomic E-state index is 11.5. The highest BCUT2D eigenvalue weighted by Gasteiger charge is 2.14. The molecule has 0 spiro atoms. The Bertz CT molecular complexity index is 858. The molecule has 0 saturated carbocycles. The molecule has 2 aromatic rings. The van der Waals surface area contributed by atoms with Gasteiger partial charge in [0.15, 0.2) is 9.84 Å². The minimum Gasteiger partial charge on any atom is -0.380 e. The molecule has 0 aliphatic rings. The van der Waals surface area contributed by atoms with E-state index >= 15 is 0 Å². The third-order valence-electron chi connectivity index (χ3n) is 3.47. The Labute approximate surface area is 145 Å². The van der Waals surface area contributed by atoms with Gasteiger partial charge in [0.25, 0.3) is 5.69 Å². The van der Waals surface area contributed by atoms with E-state index < -0.39 is 14.8 Å². The molecule has 0 heterocycles. The van der Waals surface area contributed by atoms with Gasteiger partial charge in [-0.2, -0.15) is 0 Å². The molecule has 2 aromatic carbocycles. The van der Waals surface area contributed by atoms with Gasteiger partial charge in [0.1, 0.15) is 0 Å². The average Bonchev–Trinajstić information content (AvgIpc) is 2.46. The lowest BCUT2D eigenvalue weighted by Crippen LogP contribution is -2.08. The first-order valence-corrected chi connectivity index (χ1v) is 9.54. The molecule has 0 saturated heterocycles. The average molecular weight is 369 g/mol. The number of nitro benzene ring substituents is 1. The van der Waals surface area contributed by atoms with E-state index in [2.05, 4.69) is 5.32 Å². The number of sulfone groups is 1. The van der Waals surface area contributed by atoms with Crippen LogP contribution in [0.4, 0.5) is 11.4 Å². The summed E-state index contributed by atoms with van der Waals surface area (Å²) in [6.07, 6.45) is 1.19. The second kappa shape index (κ2) is 7.19. The zero-order valence-electron chi connectivity index (χ0n) is 13.2. The first kappa shape index (κ1) is 18.2. The molecule has 0 bridgehead atoms. The van der Waals surface area contributed by atoms with Crippen LogP contribution in [-0.2, 0) is 22.1 Å². The van der Waals surface area contributed by atoms with E-state index in [1.54, 1.807) is 19.1 Å². The van der Waals surface area contributed by atoms with Crippen molar-refractivity contribution in [2.45, 2.75) is 19.2 Å². The second-order valence-electron chi connectivity index (χ2n) is 5.57. The highest BCUT2D eigenvalue weighted by atomic mass is 35.5. The Morgan fingerprint density at radius 2 is 1.83 bits per heavy atom. The van der Waals surface area contributed by atoms with Gasteiger partial charge in [-0.15, -0.1) is 0 Å². The van der Waals surface area contributed by atoms with Gasteiger partial charge in [-0.1, -0.05) is 35.9 Å². The molecule has 2 rings (SSSR count). The lowest BCUT2D eigenvalue weighted by Gasteiger charge is -2.14. The molecule has 0 fully saturated rings. The standard InChI is InChI=1S/C16H17ClN2O4S/c1-11-7-14(19(20)21)8-15(17)16(11)18-9-12-5-3-4-6-13(12)10-24(2,22)23/h3-8,18H,9-10H2,1-2H3. The van der Waals surface area contributed by atoms with Crippen LogP contribution in [0.15, 0.2) is 36.4 Å². The van der Waals surface area contributed by atoms with Crippen LogP contribution < -0.4 is 5.32 Å². The number of nitro groups is 1. The molecule has 0 radical (unpaired) electrons. The molecule has 8 heteroatoms. The van der Waals surface area contributed by atoms with Crippen LogP contribution in [0.3, 0.4) is 0 Å². The molecular formula is C16H17ClN2O4S. The molecule has 0 aliphatic heterocycles. The first-order chi connectivity index (χ1) is 11.2. The molecule has 1 N–H and O–H groups in total. The van der Waals surface area contributed by atoms with Crippen LogP contribution in [0.1, 0.15) is 16.7 Å². The Kier molecular flexibility index (Phi) is 5.46. The Morgan fingerprint density at radius 1 is 1.21 bits per heavy atom. The molecular weight excluding hydrogens is 352 g/mol. The Morgan fingerprint density at radius 3 is 2.38 bits per heavy atom. The van der Waals surface area contributed by atoms with Crippen molar-refractivity contribution >= 4 is 32.8 Å². The molecule has 128 valence electrons. The van der Waals surface area contributed by atoms with E-state index in [1.165, 1.54) is 18.4 Å². The predicted octanol–water partition coefficient (Wildman–Crippen LogP) is 3.71. The van der Waals surface area contributed by atoms with Gasteiger partial charge < -0.3 is 5.32 Å². The summed E-state index contributed by atoms with van der Waals surface area (Å²) in [6, 6.07) is 9.95. The van der Waals surface area contributed by atoms with Gasteiger partial charge in [-0.3, -0.25) is 10.1 Å². The van der Waals surface area contributed by atoms with E-state index in [9.17, 15) is 18.5 Å². The van der Waals surface area contributed by atoms with E-state index in [0.717, 1.165) is 5.56 Å². The van der Waals surface area contributed by atoms with E-state index in [0.29, 0.717) is 23.4 Å². The fraction of sp³-hybridized carbons (Fsp3) is 0.250. The van der Waals surface area contributed by atoms with Crippen molar-refractivity contribution in [3.8, 4) is 0 Å². The number of anilines is 1. The summed E-state index contributed by atoms with van der Waals surface area (Å²) < 4.78 is 23.1. The highest BCUT2D eigenvalue weighted by molar-refractivity contribution is 7.89. The monoisotopic (exact) mass is 368 g/mol. The van der Waals surface area contributed by atoms with Crippen LogP contribution in [0.25, 0.3) is 0 Å². The predicted molar refractivity (Wildman–Crippen MR) is 95.2 cm³/mol. The molecule has 6 nitrogen and oxygen atoms in total. The van der Waals surface area contributed by atoms with Crippen molar-refractivity contribution in [1.82, 2.24) is 0 Å². The van der Waals surface area contributed by atoms with Crippen molar-refractivity contribution in [2.75, 3.05) is 11.6 Å². The molecule has 0 atom stereocenters. The summed E-state index contributed by atoms with van der Waals surface area (Å²) in [7, 11) is -3.14. The van der Waals surface area contributed by atoms with Crippen molar-refractivity contribution < 1.29 is 13.3 Å². The van der Waals surface area contributed by atoms with Gasteiger partial charge >= 0.3 is 0 Å². The number of nitrogens with zero attached hydrogens (tertiary/aromatic N) is 1. The minimum absolute atomic E-state index is 0.0438. The smallest absolute Gasteiger partial charge is 0.271 e. The van der Waals surface area contributed by atoms with Crippen molar-refractivity contribution in [2.24, 2.45) is 0 Å². The lowest BCUT2D eigenvalue weighted by molar-refractivity contribution is -0.384. The minimum atomic E-state index is -3.14. The van der Waals surface area contributed by atoms with E-state index in [4.69, 9.17) is 11.6 Å². The van der Waals surface area contributed by atoms with Crippen LogP contribution >= 0.6 is 11.6 Å². The van der Waals surface area contributed by atoms with Crippen molar-refractivity contribution in [3.63, 3.8) is 0 Å². The fourth-order valence-corrected chi connectivity index (χ4v) is 3.57. The quantitative estimate of drug-likeness (QED) is 0.620. The number of aryl methyl sites for hydroxylation is 1. The number of rotatable bonds is 6. The van der Waals surface area contributed by atoms with Crippen LogP contribution in [-0.4, -0.2) is 19.6 Å². The SMILES string of the molecule is Cc1cc([N+](=O)[O-])cc(Cl)c1NCc1ccccc1CS(C)(=O)=O. The number of nitrogens with one attached hydrogen (secondary N) is 1. The molecule has 0 unspecified atom stereocenters. The molecule has 0 aliphatic carbocycles. The second-order valence-corrected chi connectivity index (χ2v) is 8.12. The third kappa shape index (κ3) is 4.69. The number of hydrogen-bond donors (Lipinski definition) is 1. The van der Waals surface area contributed by atoms with Crippen molar-refractivity contribution in [1.29, 1.82) is 0 Å². The highest BCUT2D eigenvalue weighted by Crippen LogP contribution is 2.31. The number of halogens is 1. The van der Waals surface area contributed by atoms with E-state index in [-0.39, 0.29) is 16.5 Å². The number of hydrogen-bond acceptors (Lipinski definition) is 5. The summed E-state index contributed by atoms with van der Waals surface area (Å²) >= 11 is 6.13. The fourth-order valence-electron chi connectivity index (χ4n) is 2.39. The van der Waals surface area contributed by atoms with Gasteiger partial charge in [0.05, 0.1) is 21.4 Å². The summed E-state index contributed by atoms with van der Waals surface area (Å²) in [4.78, 5) is 10.3. The zero-order chi connectivity index (χ0) is 17.9. The Balaban J connectivity index is 2.25. The number of benzene rings is 2. The van der Waals surface area contributed by atoms with Crippen molar-refractivity contribution in [3.05, 3.63) is 68.2 Å². The summed E-state index contributed by atoms with van der Waals surface area (Å²) in [6.45, 7) is 2.09. The summed E-state index contributed by atoms with van der Waals surface area (Å²) in [5.74, 6) is -0.0438. The molecule has 0 aromatic heterocycles. The van der Waals surface area contributed by atoms with Crippen LogP contribution in [0, 0.1) is 17.0 Å². The van der Waals surface area contributed by atoms with Gasteiger partial charge in [-0.05, 0) is 23.6 Å². The summed E-state index contributed by atoms with van der Waals surface area (Å²) in [5, 5.41) is 14.2. The molecule has 24 heavy (non-hydrogen) atoms. The maximum absolute atomic E-state index is 11.5. The lowest BCUT2D eigenvalue weighted by atomic mass is 10.1. The van der Waals surface area contributed by atoms with Crippen LogP contribution in [0.5, 0.6) is 0 Å². The van der Waals surface area contributed by atoms with Gasteiger partial charge in [-0.25, -0.2) is 8.42 Å². The topological polar surface area (TPSA) is 89.3 Å². The summed E-state index contributed by atoms with van der Waals surface area (Å²) in [5.41, 5.74) is 2.71. The van der Waals surface area contributed by atoms with E-state index in [1.807, 2.05) is 12.1 Å². The third-order valence-corrected chi connectivity index (χ3v) is 4.61. The zero-order valence-corrected chi connectivity index (χ0v) is 14.8. The Hall–Kier alpha value is -2.12. The number of non-ortho nitro benzene ring substituents is 1. The maximum Gasteiger partial charge on any atom is 0.271 e. The largest absolute Gasteiger partial charge is 0.380 e. The normalized spacial score (nSPS) is 11.3.